The van der Waals surface area contributed by atoms with E-state index in [-0.39, 0.29) is 24.0 Å². The topological polar surface area (TPSA) is 154 Å². The third-order valence-corrected chi connectivity index (χ3v) is 5.41. The van der Waals surface area contributed by atoms with E-state index in [1.807, 2.05) is 6.92 Å². The molecule has 4 atom stereocenters. The maximum Gasteiger partial charge on any atom is 0.408 e. The van der Waals surface area contributed by atoms with Crippen molar-refractivity contribution in [3.63, 3.8) is 0 Å². The Hall–Kier alpha value is -3.30. The highest BCUT2D eigenvalue weighted by Crippen LogP contribution is 2.14. The molecule has 35 heavy (non-hydrogen) atoms. The van der Waals surface area contributed by atoms with Crippen LogP contribution in [0.1, 0.15) is 60.5 Å². The van der Waals surface area contributed by atoms with Crippen LogP contribution >= 0.6 is 0 Å². The molecule has 10 nitrogen and oxygen atoms in total. The fourth-order valence-electron chi connectivity index (χ4n) is 3.24. The lowest BCUT2D eigenvalue weighted by Crippen LogP contribution is -2.58. The molecule has 0 aromatic heterocycles. The number of nitrogens with one attached hydrogen (secondary N) is 3. The van der Waals surface area contributed by atoms with Crippen molar-refractivity contribution in [1.82, 2.24) is 16.0 Å². The van der Waals surface area contributed by atoms with Crippen molar-refractivity contribution in [3.05, 3.63) is 29.8 Å². The minimum atomic E-state index is -1.17. The zero-order valence-corrected chi connectivity index (χ0v) is 21.5. The van der Waals surface area contributed by atoms with E-state index in [1.165, 1.54) is 12.1 Å². The molecule has 0 aliphatic carbocycles. The van der Waals surface area contributed by atoms with Crippen LogP contribution in [-0.4, -0.2) is 57.8 Å². The summed E-state index contributed by atoms with van der Waals surface area (Å²) in [5.41, 5.74) is -0.120. The molecule has 5 N–H and O–H groups in total. The molecule has 0 spiro atoms. The molecule has 1 aromatic rings. The normalized spacial score (nSPS) is 14.9. The van der Waals surface area contributed by atoms with Gasteiger partial charge in [0.1, 0.15) is 29.5 Å². The molecular weight excluding hydrogens is 454 g/mol. The molecule has 1 rings (SSSR count). The summed E-state index contributed by atoms with van der Waals surface area (Å²) in [7, 11) is 0. The number of alkyl carbamates (subject to hydrolysis) is 1. The number of phenols is 1. The molecule has 196 valence electrons. The number of benzene rings is 1. The highest BCUT2D eigenvalue weighted by Gasteiger charge is 2.33. The van der Waals surface area contributed by atoms with Gasteiger partial charge in [-0.1, -0.05) is 46.2 Å². The summed E-state index contributed by atoms with van der Waals surface area (Å²) < 4.78 is 5.25. The van der Waals surface area contributed by atoms with Crippen LogP contribution in [0.25, 0.3) is 0 Å². The Labute approximate surface area is 206 Å². The van der Waals surface area contributed by atoms with Crippen LogP contribution in [0.4, 0.5) is 4.79 Å². The van der Waals surface area contributed by atoms with E-state index in [0.29, 0.717) is 12.0 Å². The fourth-order valence-corrected chi connectivity index (χ4v) is 3.24. The molecular formula is C25H39N3O7. The Morgan fingerprint density at radius 2 is 1.49 bits per heavy atom. The second-order valence-corrected chi connectivity index (χ2v) is 10.0. The van der Waals surface area contributed by atoms with E-state index in [0.717, 1.165) is 0 Å². The zero-order chi connectivity index (χ0) is 26.9. The molecule has 0 aliphatic heterocycles. The van der Waals surface area contributed by atoms with Gasteiger partial charge in [-0.15, -0.1) is 0 Å². The Balaban J connectivity index is 3.15. The fraction of sp³-hybridized carbons (Fsp3) is 0.600. The Kier molecular flexibility index (Phi) is 11.0. The SMILES string of the molecule is CCC(C)[C@H](NC(=O)C(Cc1ccc(O)cc1)NC(=O)[C@@H](NC(=O)OC(C)(C)C)C(C)C)C(=O)O. The number of amides is 3. The molecule has 0 radical (unpaired) electrons. The summed E-state index contributed by atoms with van der Waals surface area (Å²) >= 11 is 0. The van der Waals surface area contributed by atoms with Crippen LogP contribution in [0, 0.1) is 11.8 Å². The third kappa shape index (κ3) is 10.2. The van der Waals surface area contributed by atoms with E-state index in [9.17, 15) is 29.4 Å². The lowest BCUT2D eigenvalue weighted by Gasteiger charge is -2.28. The van der Waals surface area contributed by atoms with Crippen LogP contribution < -0.4 is 16.0 Å². The summed E-state index contributed by atoms with van der Waals surface area (Å²) in [6.45, 7) is 12.1. The second kappa shape index (κ2) is 13.0. The average Bonchev–Trinajstić information content (AvgIpc) is 2.74. The molecule has 0 saturated carbocycles. The minimum absolute atomic E-state index is 0.0436. The number of hydrogen-bond acceptors (Lipinski definition) is 6. The van der Waals surface area contributed by atoms with Gasteiger partial charge in [-0.3, -0.25) is 9.59 Å². The first kappa shape index (κ1) is 29.7. The lowest BCUT2D eigenvalue weighted by molar-refractivity contribution is -0.143. The number of carboxylic acids is 1. The largest absolute Gasteiger partial charge is 0.508 e. The van der Waals surface area contributed by atoms with Crippen LogP contribution in [0.5, 0.6) is 5.75 Å². The summed E-state index contributed by atoms with van der Waals surface area (Å²) in [6, 6.07) is 2.85. The third-order valence-electron chi connectivity index (χ3n) is 5.41. The molecule has 0 aliphatic rings. The second-order valence-electron chi connectivity index (χ2n) is 10.0. The molecule has 10 heteroatoms. The highest BCUT2D eigenvalue weighted by molar-refractivity contribution is 5.93. The van der Waals surface area contributed by atoms with E-state index < -0.39 is 47.6 Å². The lowest BCUT2D eigenvalue weighted by atomic mass is 9.97. The van der Waals surface area contributed by atoms with Crippen molar-refractivity contribution in [2.75, 3.05) is 0 Å². The van der Waals surface area contributed by atoms with Crippen molar-refractivity contribution in [2.24, 2.45) is 11.8 Å². The van der Waals surface area contributed by atoms with Gasteiger partial charge in [-0.25, -0.2) is 9.59 Å². The van der Waals surface area contributed by atoms with Crippen LogP contribution in [-0.2, 0) is 25.5 Å². The smallest absolute Gasteiger partial charge is 0.408 e. The van der Waals surface area contributed by atoms with Crippen molar-refractivity contribution >= 4 is 23.9 Å². The summed E-state index contributed by atoms with van der Waals surface area (Å²) in [4.78, 5) is 50.3. The predicted molar refractivity (Wildman–Crippen MR) is 131 cm³/mol. The van der Waals surface area contributed by atoms with E-state index >= 15 is 0 Å². The van der Waals surface area contributed by atoms with Gasteiger partial charge in [-0.05, 0) is 50.3 Å². The molecule has 0 bridgehead atoms. The molecule has 3 amide bonds. The standard InChI is InChI=1S/C25H39N3O7/c1-8-15(4)20(23(32)33)27-21(30)18(13-16-9-11-17(29)12-10-16)26-22(31)19(14(2)3)28-24(34)35-25(5,6)7/h9-12,14-15,18-20,29H,8,13H2,1-7H3,(H,26,31)(H,27,30)(H,28,34)(H,32,33)/t15?,18?,19-,20-/m0/s1. The number of ether oxygens (including phenoxy) is 1. The van der Waals surface area contributed by atoms with Crippen molar-refractivity contribution < 1.29 is 34.1 Å². The van der Waals surface area contributed by atoms with Crippen LogP contribution in [0.3, 0.4) is 0 Å². The van der Waals surface area contributed by atoms with Gasteiger partial charge in [0.05, 0.1) is 0 Å². The average molecular weight is 494 g/mol. The molecule has 0 fully saturated rings. The summed E-state index contributed by atoms with van der Waals surface area (Å²) in [6.07, 6.45) is -0.197. The number of aliphatic carboxylic acids is 1. The van der Waals surface area contributed by atoms with E-state index in [4.69, 9.17) is 4.74 Å². The Morgan fingerprint density at radius 1 is 0.914 bits per heavy atom. The molecule has 0 saturated heterocycles. The number of aromatic hydroxyl groups is 1. The first-order chi connectivity index (χ1) is 16.1. The summed E-state index contributed by atoms with van der Waals surface area (Å²) in [5.74, 6) is -3.07. The quantitative estimate of drug-likeness (QED) is 0.317. The van der Waals surface area contributed by atoms with Gasteiger partial charge in [-0.2, -0.15) is 0 Å². The number of hydrogen-bond donors (Lipinski definition) is 5. The summed E-state index contributed by atoms with van der Waals surface area (Å²) in [5, 5.41) is 26.8. The Morgan fingerprint density at radius 3 is 1.94 bits per heavy atom. The van der Waals surface area contributed by atoms with Gasteiger partial charge in [0, 0.05) is 6.42 Å². The van der Waals surface area contributed by atoms with Crippen molar-refractivity contribution in [1.29, 1.82) is 0 Å². The monoisotopic (exact) mass is 493 g/mol. The Bertz CT molecular complexity index is 878. The van der Waals surface area contributed by atoms with Crippen LogP contribution in [0.2, 0.25) is 0 Å². The zero-order valence-electron chi connectivity index (χ0n) is 21.5. The maximum absolute atomic E-state index is 13.1. The number of carbonyl (C=O) groups is 4. The number of phenolic OH excluding ortho intramolecular Hbond substituents is 1. The highest BCUT2D eigenvalue weighted by atomic mass is 16.6. The van der Waals surface area contributed by atoms with Gasteiger partial charge in [0.25, 0.3) is 0 Å². The first-order valence-electron chi connectivity index (χ1n) is 11.8. The maximum atomic E-state index is 13.1. The van der Waals surface area contributed by atoms with E-state index in [1.54, 1.807) is 53.7 Å². The predicted octanol–water partition coefficient (Wildman–Crippen LogP) is 2.58. The van der Waals surface area contributed by atoms with Gasteiger partial charge in [0.2, 0.25) is 11.8 Å². The molecule has 0 heterocycles. The number of carboxylic acid groups (broad SMARTS) is 1. The van der Waals surface area contributed by atoms with Gasteiger partial charge >= 0.3 is 12.1 Å². The van der Waals surface area contributed by atoms with Gasteiger partial charge < -0.3 is 30.9 Å². The number of rotatable bonds is 11. The molecule has 2 unspecified atom stereocenters. The minimum Gasteiger partial charge on any atom is -0.508 e. The van der Waals surface area contributed by atoms with Crippen molar-refractivity contribution in [2.45, 2.75) is 85.0 Å². The number of carbonyl (C=O) groups excluding carboxylic acids is 3. The first-order valence-corrected chi connectivity index (χ1v) is 11.8. The molecule has 1 aromatic carbocycles. The van der Waals surface area contributed by atoms with Crippen LogP contribution in [0.15, 0.2) is 24.3 Å². The van der Waals surface area contributed by atoms with Gasteiger partial charge in [0.15, 0.2) is 0 Å². The van der Waals surface area contributed by atoms with E-state index in [2.05, 4.69) is 16.0 Å². The van der Waals surface area contributed by atoms with Crippen molar-refractivity contribution in [3.8, 4) is 5.75 Å².